The molecule has 7 heteroatoms. The molecule has 3 aliphatic heterocycles. The molecule has 0 amide bonds. The van der Waals surface area contributed by atoms with E-state index in [1.165, 1.54) is 0 Å². The highest BCUT2D eigenvalue weighted by Gasteiger charge is 2.28. The van der Waals surface area contributed by atoms with Crippen LogP contribution in [0, 0.1) is 0 Å². The number of aliphatic carboxylic acids is 1. The number of ether oxygens (including phenoxy) is 2. The highest BCUT2D eigenvalue weighted by molar-refractivity contribution is 5.74. The van der Waals surface area contributed by atoms with Crippen LogP contribution in [0.4, 0.5) is 0 Å². The smallest absolute Gasteiger partial charge is 0.161 e. The van der Waals surface area contributed by atoms with Crippen molar-refractivity contribution in [3.05, 3.63) is 53.1 Å². The first-order valence-electron chi connectivity index (χ1n) is 12.5. The Kier molecular flexibility index (Phi) is 6.92. The third-order valence-corrected chi connectivity index (χ3v) is 7.23. The van der Waals surface area contributed by atoms with Crippen LogP contribution >= 0.6 is 0 Å². The SMILES string of the molecule is O=C([O-])C(CC1COc2ccccc2O1)c1cc(CN2CCCC2)c(O)c(CN2CCCC2)c1. The molecule has 2 saturated heterocycles. The average Bonchev–Trinajstić information content (AvgIpc) is 3.54. The molecule has 1 N–H and O–H groups in total. The summed E-state index contributed by atoms with van der Waals surface area (Å²) in [7, 11) is 0. The molecule has 2 unspecified atom stereocenters. The summed E-state index contributed by atoms with van der Waals surface area (Å²) in [6.07, 6.45) is 4.47. The molecule has 0 spiro atoms. The topological polar surface area (TPSA) is 85.3 Å². The number of hydrogen-bond acceptors (Lipinski definition) is 7. The van der Waals surface area contributed by atoms with Gasteiger partial charge in [0.15, 0.2) is 11.5 Å². The lowest BCUT2D eigenvalue weighted by Crippen LogP contribution is -2.37. The second-order valence-corrected chi connectivity index (χ2v) is 9.76. The second kappa shape index (κ2) is 10.2. The van der Waals surface area contributed by atoms with Gasteiger partial charge in [-0.1, -0.05) is 24.3 Å². The van der Waals surface area contributed by atoms with Gasteiger partial charge in [-0.3, -0.25) is 9.80 Å². The lowest BCUT2D eigenvalue weighted by molar-refractivity contribution is -0.308. The first-order chi connectivity index (χ1) is 16.6. The van der Waals surface area contributed by atoms with Crippen LogP contribution in [0.25, 0.3) is 0 Å². The van der Waals surface area contributed by atoms with Gasteiger partial charge in [-0.2, -0.15) is 0 Å². The fourth-order valence-electron chi connectivity index (χ4n) is 5.40. The Morgan fingerprint density at radius 2 is 1.53 bits per heavy atom. The number of para-hydroxylation sites is 2. The van der Waals surface area contributed by atoms with Crippen LogP contribution in [0.15, 0.2) is 36.4 Å². The Hall–Kier alpha value is -2.77. The number of rotatable bonds is 8. The number of phenolic OH excluding ortho intramolecular Hbond substituents is 1. The summed E-state index contributed by atoms with van der Waals surface area (Å²) < 4.78 is 11.9. The monoisotopic (exact) mass is 465 g/mol. The number of fused-ring (bicyclic) bond motifs is 1. The molecular weight excluding hydrogens is 432 g/mol. The first-order valence-corrected chi connectivity index (χ1v) is 12.5. The van der Waals surface area contributed by atoms with Gasteiger partial charge in [0.25, 0.3) is 0 Å². The number of benzene rings is 2. The standard InChI is InChI=1S/C27H34N2O5/c30-26-20(16-28-9-3-4-10-28)13-19(14-21(26)17-29-11-5-6-12-29)23(27(31)32)15-22-18-33-24-7-1-2-8-25(24)34-22/h1-2,7-8,13-14,22-23,30H,3-6,9-12,15-18H2,(H,31,32)/p-1. The largest absolute Gasteiger partial charge is 0.549 e. The van der Waals surface area contributed by atoms with Crippen LogP contribution in [0.5, 0.6) is 17.2 Å². The lowest BCUT2D eigenvalue weighted by Gasteiger charge is -2.30. The summed E-state index contributed by atoms with van der Waals surface area (Å²) in [5.41, 5.74) is 2.26. The fraction of sp³-hybridized carbons (Fsp3) is 0.519. The van der Waals surface area contributed by atoms with Crippen LogP contribution in [0.2, 0.25) is 0 Å². The van der Waals surface area contributed by atoms with Gasteiger partial charge in [-0.05, 0) is 76.0 Å². The van der Waals surface area contributed by atoms with Crippen molar-refractivity contribution in [1.82, 2.24) is 9.80 Å². The summed E-state index contributed by atoms with van der Waals surface area (Å²) in [5.74, 6) is -0.382. The lowest BCUT2D eigenvalue weighted by atomic mass is 9.89. The Bertz CT molecular complexity index is 975. The third-order valence-electron chi connectivity index (χ3n) is 7.23. The zero-order chi connectivity index (χ0) is 23.5. The van der Waals surface area contributed by atoms with E-state index in [2.05, 4.69) is 9.80 Å². The molecule has 5 rings (SSSR count). The van der Waals surface area contributed by atoms with Gasteiger partial charge in [0, 0.05) is 36.1 Å². The molecule has 2 atom stereocenters. The number of aromatic hydroxyl groups is 1. The van der Waals surface area contributed by atoms with Gasteiger partial charge in [-0.15, -0.1) is 0 Å². The van der Waals surface area contributed by atoms with Gasteiger partial charge in [0.05, 0.1) is 0 Å². The van der Waals surface area contributed by atoms with Crippen molar-refractivity contribution in [1.29, 1.82) is 0 Å². The minimum atomic E-state index is -1.13. The number of phenols is 1. The van der Waals surface area contributed by atoms with Crippen molar-refractivity contribution in [2.75, 3.05) is 32.8 Å². The van der Waals surface area contributed by atoms with Gasteiger partial charge in [-0.25, -0.2) is 0 Å². The molecule has 7 nitrogen and oxygen atoms in total. The molecule has 0 bridgehead atoms. The van der Waals surface area contributed by atoms with E-state index < -0.39 is 18.0 Å². The van der Waals surface area contributed by atoms with Crippen molar-refractivity contribution >= 4 is 5.97 Å². The maximum absolute atomic E-state index is 12.3. The molecule has 0 aromatic heterocycles. The van der Waals surface area contributed by atoms with Gasteiger partial charge in [0.2, 0.25) is 0 Å². The minimum Gasteiger partial charge on any atom is -0.549 e. The van der Waals surface area contributed by atoms with E-state index in [-0.39, 0.29) is 6.42 Å². The fourth-order valence-corrected chi connectivity index (χ4v) is 5.40. The molecular formula is C27H33N2O5-. The molecule has 0 radical (unpaired) electrons. The summed E-state index contributed by atoms with van der Waals surface area (Å²) in [6.45, 7) is 5.55. The van der Waals surface area contributed by atoms with Crippen LogP contribution in [-0.4, -0.2) is 59.8 Å². The van der Waals surface area contributed by atoms with Crippen molar-refractivity contribution in [2.24, 2.45) is 0 Å². The molecule has 2 fully saturated rings. The van der Waals surface area contributed by atoms with Crippen molar-refractivity contribution in [3.8, 4) is 17.2 Å². The molecule has 182 valence electrons. The minimum absolute atomic E-state index is 0.244. The van der Waals surface area contributed by atoms with E-state index in [1.54, 1.807) is 0 Å². The predicted octanol–water partition coefficient (Wildman–Crippen LogP) is 2.65. The molecule has 0 aliphatic carbocycles. The molecule has 2 aromatic rings. The number of carbonyl (C=O) groups is 1. The summed E-state index contributed by atoms with van der Waals surface area (Å²) in [6, 6.07) is 11.1. The van der Waals surface area contributed by atoms with Gasteiger partial charge in [0.1, 0.15) is 18.5 Å². The maximum Gasteiger partial charge on any atom is 0.161 e. The van der Waals surface area contributed by atoms with Gasteiger partial charge >= 0.3 is 0 Å². The highest BCUT2D eigenvalue weighted by atomic mass is 16.6. The molecule has 0 saturated carbocycles. The zero-order valence-corrected chi connectivity index (χ0v) is 19.6. The van der Waals surface area contributed by atoms with Crippen LogP contribution in [-0.2, 0) is 17.9 Å². The second-order valence-electron chi connectivity index (χ2n) is 9.76. The first kappa shape index (κ1) is 23.0. The molecule has 3 heterocycles. The summed E-state index contributed by atoms with van der Waals surface area (Å²) >= 11 is 0. The van der Waals surface area contributed by atoms with E-state index >= 15 is 0 Å². The number of nitrogens with zero attached hydrogens (tertiary/aromatic N) is 2. The maximum atomic E-state index is 12.3. The predicted molar refractivity (Wildman–Crippen MR) is 126 cm³/mol. The van der Waals surface area contributed by atoms with E-state index in [4.69, 9.17) is 9.47 Å². The number of carboxylic acids is 1. The average molecular weight is 466 g/mol. The number of carboxylic acid groups (broad SMARTS) is 1. The van der Waals surface area contributed by atoms with E-state index in [9.17, 15) is 15.0 Å². The zero-order valence-electron chi connectivity index (χ0n) is 19.6. The normalized spacial score (nSPS) is 21.6. The Morgan fingerprint density at radius 1 is 0.971 bits per heavy atom. The van der Waals surface area contributed by atoms with Crippen molar-refractivity contribution in [3.63, 3.8) is 0 Å². The Labute approximate surface area is 200 Å². The quantitative estimate of drug-likeness (QED) is 0.642. The number of hydrogen-bond donors (Lipinski definition) is 1. The van der Waals surface area contributed by atoms with Crippen LogP contribution < -0.4 is 14.6 Å². The Morgan fingerprint density at radius 3 is 2.09 bits per heavy atom. The summed E-state index contributed by atoms with van der Waals surface area (Å²) in [4.78, 5) is 17.0. The number of likely N-dealkylation sites (tertiary alicyclic amines) is 2. The third kappa shape index (κ3) is 5.15. The number of carbonyl (C=O) groups excluding carboxylic acids is 1. The Balaban J connectivity index is 1.42. The van der Waals surface area contributed by atoms with Crippen molar-refractivity contribution < 1.29 is 24.5 Å². The highest BCUT2D eigenvalue weighted by Crippen LogP contribution is 2.36. The summed E-state index contributed by atoms with van der Waals surface area (Å²) in [5, 5.41) is 23.4. The van der Waals surface area contributed by atoms with Crippen molar-refractivity contribution in [2.45, 2.75) is 57.2 Å². The molecule has 2 aromatic carbocycles. The van der Waals surface area contributed by atoms with Crippen LogP contribution in [0.1, 0.15) is 54.7 Å². The van der Waals surface area contributed by atoms with E-state index in [1.807, 2.05) is 36.4 Å². The van der Waals surface area contributed by atoms with E-state index in [0.717, 1.165) is 63.0 Å². The molecule has 34 heavy (non-hydrogen) atoms. The van der Waals surface area contributed by atoms with E-state index in [0.29, 0.717) is 42.5 Å². The molecule has 3 aliphatic rings. The van der Waals surface area contributed by atoms with Gasteiger partial charge < -0.3 is 24.5 Å². The van der Waals surface area contributed by atoms with Crippen LogP contribution in [0.3, 0.4) is 0 Å².